The van der Waals surface area contributed by atoms with Crippen LogP contribution < -0.4 is 10.6 Å². The highest BCUT2D eigenvalue weighted by Gasteiger charge is 2.42. The number of thiophene rings is 1. The topological polar surface area (TPSA) is 96.1 Å². The summed E-state index contributed by atoms with van der Waals surface area (Å²) < 4.78 is 5.63. The summed E-state index contributed by atoms with van der Waals surface area (Å²) in [6.45, 7) is 9.14. The van der Waals surface area contributed by atoms with Crippen molar-refractivity contribution in [3.63, 3.8) is 0 Å². The minimum atomic E-state index is -0.931. The van der Waals surface area contributed by atoms with Crippen LogP contribution in [-0.2, 0) is 20.7 Å². The number of benzene rings is 1. The molecule has 1 aromatic heterocycles. The molecule has 0 bridgehead atoms. The molecule has 2 heterocycles. The molecule has 1 atom stereocenters. The average Bonchev–Trinajstić information content (AvgIpc) is 3.38. The molecule has 0 aliphatic carbocycles. The van der Waals surface area contributed by atoms with Gasteiger partial charge in [-0.1, -0.05) is 45.0 Å². The number of carboxylic acid groups (broad SMARTS) is 1. The number of aliphatic carboxylic acids is 1. The minimum absolute atomic E-state index is 0.0208. The van der Waals surface area contributed by atoms with E-state index in [2.05, 4.69) is 22.4 Å². The maximum atomic E-state index is 12.9. The number of carboxylic acids is 1. The van der Waals surface area contributed by atoms with E-state index in [1.54, 1.807) is 21.0 Å². The highest BCUT2D eigenvalue weighted by molar-refractivity contribution is 7.09. The maximum absolute atomic E-state index is 12.9. The van der Waals surface area contributed by atoms with E-state index >= 15 is 0 Å². The summed E-state index contributed by atoms with van der Waals surface area (Å²) in [4.78, 5) is 28.9. The van der Waals surface area contributed by atoms with Crippen LogP contribution in [0.15, 0.2) is 47.8 Å². The van der Waals surface area contributed by atoms with Gasteiger partial charge in [-0.05, 0) is 48.8 Å². The van der Waals surface area contributed by atoms with Crippen molar-refractivity contribution in [2.45, 2.75) is 58.0 Å². The highest BCUT2D eigenvalue weighted by Crippen LogP contribution is 2.34. The molecular formula is C27H41N3O4S. The molecule has 35 heavy (non-hydrogen) atoms. The average molecular weight is 504 g/mol. The number of amides is 1. The van der Waals surface area contributed by atoms with Crippen molar-refractivity contribution in [1.82, 2.24) is 4.90 Å². The molecule has 1 fully saturated rings. The molecule has 1 saturated heterocycles. The van der Waals surface area contributed by atoms with Crippen molar-refractivity contribution in [2.24, 2.45) is 11.7 Å². The summed E-state index contributed by atoms with van der Waals surface area (Å²) in [6.07, 6.45) is 3.48. The van der Waals surface area contributed by atoms with E-state index in [4.69, 9.17) is 15.6 Å². The predicted octanol–water partition coefficient (Wildman–Crippen LogP) is 4.27. The Morgan fingerprint density at radius 2 is 1.83 bits per heavy atom. The quantitative estimate of drug-likeness (QED) is 0.503. The fourth-order valence-corrected chi connectivity index (χ4v) is 5.02. The van der Waals surface area contributed by atoms with Crippen LogP contribution in [-0.4, -0.2) is 66.8 Å². The Kier molecular flexibility index (Phi) is 11.9. The molecule has 1 amide bonds. The Labute approximate surface area is 213 Å². The van der Waals surface area contributed by atoms with E-state index in [1.165, 1.54) is 4.88 Å². The molecule has 0 saturated carbocycles. The fraction of sp³-hybridized carbons (Fsp3) is 0.556. The second-order valence-corrected chi connectivity index (χ2v) is 10.4. The van der Waals surface area contributed by atoms with E-state index in [-0.39, 0.29) is 17.4 Å². The molecule has 0 radical (unpaired) electrons. The Bertz CT molecular complexity index is 881. The lowest BCUT2D eigenvalue weighted by atomic mass is 9.85. The zero-order valence-corrected chi connectivity index (χ0v) is 22.3. The van der Waals surface area contributed by atoms with Gasteiger partial charge in [0.15, 0.2) is 0 Å². The van der Waals surface area contributed by atoms with Gasteiger partial charge in [-0.25, -0.2) is 0 Å². The van der Waals surface area contributed by atoms with E-state index in [0.717, 1.165) is 44.6 Å². The number of hydrogen-bond donors (Lipinski definition) is 2. The van der Waals surface area contributed by atoms with Crippen molar-refractivity contribution < 1.29 is 19.4 Å². The number of anilines is 1. The van der Waals surface area contributed by atoms with Gasteiger partial charge >= 0.3 is 5.97 Å². The third-order valence-corrected chi connectivity index (χ3v) is 7.43. The summed E-state index contributed by atoms with van der Waals surface area (Å²) in [6, 6.07) is 13.7. The van der Waals surface area contributed by atoms with Crippen molar-refractivity contribution in [1.29, 1.82) is 0 Å². The lowest BCUT2D eigenvalue weighted by Crippen LogP contribution is -2.60. The Morgan fingerprint density at radius 3 is 2.29 bits per heavy atom. The van der Waals surface area contributed by atoms with Crippen LogP contribution in [0.4, 0.5) is 5.69 Å². The number of nitrogens with two attached hydrogens (primary N) is 1. The number of carbonyl (C=O) groups excluding carboxylic acids is 1. The predicted molar refractivity (Wildman–Crippen MR) is 143 cm³/mol. The number of methoxy groups -OCH3 is 1. The van der Waals surface area contributed by atoms with Crippen molar-refractivity contribution in [3.8, 4) is 0 Å². The molecule has 194 valence electrons. The lowest BCUT2D eigenvalue weighted by Gasteiger charge is -2.48. The zero-order valence-electron chi connectivity index (χ0n) is 21.5. The number of ether oxygens (including phenoxy) is 1. The minimum Gasteiger partial charge on any atom is -0.480 e. The van der Waals surface area contributed by atoms with Gasteiger partial charge in [0.05, 0.1) is 12.1 Å². The summed E-state index contributed by atoms with van der Waals surface area (Å²) in [7, 11) is 1.74. The fourth-order valence-electron chi connectivity index (χ4n) is 4.32. The number of nitrogens with zero attached hydrogens (tertiary/aromatic N) is 2. The van der Waals surface area contributed by atoms with Crippen LogP contribution in [0.1, 0.15) is 44.9 Å². The third-order valence-electron chi connectivity index (χ3n) is 6.50. The van der Waals surface area contributed by atoms with E-state index < -0.39 is 12.0 Å². The van der Waals surface area contributed by atoms with Gasteiger partial charge < -0.3 is 25.4 Å². The van der Waals surface area contributed by atoms with Gasteiger partial charge in [-0.2, -0.15) is 0 Å². The number of para-hydroxylation sites is 1. The SMILES string of the molecule is CC(C)[C@H](N)C(=O)O.CCC(=O)N(c1ccccc1)C1(COC)CCN(CCc2cccs2)CC1. The summed E-state index contributed by atoms with van der Waals surface area (Å²) >= 11 is 1.83. The molecule has 1 aliphatic heterocycles. The standard InChI is InChI=1S/C22H30N2O2S.C5H11NO2/c1-3-21(25)24(19-8-5-4-6-9-19)22(18-26-2)12-15-23(16-13-22)14-11-20-10-7-17-27-20;1-3(2)4(6)5(7)8/h4-10,17H,3,11-16,18H2,1-2H3;3-4H,6H2,1-2H3,(H,7,8)/t;4-/m.0/s1. The van der Waals surface area contributed by atoms with Crippen LogP contribution in [0.25, 0.3) is 0 Å². The van der Waals surface area contributed by atoms with Gasteiger partial charge in [0.25, 0.3) is 0 Å². The molecule has 1 aliphatic rings. The molecule has 8 heteroatoms. The largest absolute Gasteiger partial charge is 0.480 e. The van der Waals surface area contributed by atoms with Crippen LogP contribution in [0, 0.1) is 5.92 Å². The van der Waals surface area contributed by atoms with Crippen molar-refractivity contribution in [2.75, 3.05) is 38.3 Å². The first kappa shape index (κ1) is 29.0. The summed E-state index contributed by atoms with van der Waals surface area (Å²) in [5, 5.41) is 10.4. The Morgan fingerprint density at radius 1 is 1.17 bits per heavy atom. The Balaban J connectivity index is 0.000000466. The summed E-state index contributed by atoms with van der Waals surface area (Å²) in [5.41, 5.74) is 5.88. The smallest absolute Gasteiger partial charge is 0.320 e. The molecule has 1 aromatic carbocycles. The number of likely N-dealkylation sites (tertiary alicyclic amines) is 1. The van der Waals surface area contributed by atoms with Crippen molar-refractivity contribution in [3.05, 3.63) is 52.7 Å². The second kappa shape index (κ2) is 14.3. The highest BCUT2D eigenvalue weighted by atomic mass is 32.1. The maximum Gasteiger partial charge on any atom is 0.320 e. The first-order valence-electron chi connectivity index (χ1n) is 12.3. The van der Waals surface area contributed by atoms with Crippen LogP contribution in [0.5, 0.6) is 0 Å². The molecule has 3 rings (SSSR count). The van der Waals surface area contributed by atoms with Crippen LogP contribution >= 0.6 is 11.3 Å². The first-order chi connectivity index (χ1) is 16.7. The molecule has 0 unspecified atom stereocenters. The molecule has 3 N–H and O–H groups in total. The van der Waals surface area contributed by atoms with Gasteiger partial charge in [0.2, 0.25) is 5.91 Å². The summed E-state index contributed by atoms with van der Waals surface area (Å²) in [5.74, 6) is -0.738. The van der Waals surface area contributed by atoms with Gasteiger partial charge in [0.1, 0.15) is 6.04 Å². The Hall–Kier alpha value is -2.26. The number of hydrogen-bond acceptors (Lipinski definition) is 6. The van der Waals surface area contributed by atoms with E-state index in [0.29, 0.717) is 13.0 Å². The normalized spacial score (nSPS) is 16.3. The second-order valence-electron chi connectivity index (χ2n) is 9.35. The molecule has 7 nitrogen and oxygen atoms in total. The monoisotopic (exact) mass is 503 g/mol. The zero-order chi connectivity index (χ0) is 25.8. The molecular weight excluding hydrogens is 462 g/mol. The number of piperidine rings is 1. The molecule has 2 aromatic rings. The number of carbonyl (C=O) groups is 2. The van der Waals surface area contributed by atoms with E-state index in [9.17, 15) is 9.59 Å². The van der Waals surface area contributed by atoms with E-state index in [1.807, 2.05) is 53.5 Å². The van der Waals surface area contributed by atoms with Crippen LogP contribution in [0.3, 0.4) is 0 Å². The molecule has 0 spiro atoms. The number of rotatable bonds is 10. The lowest BCUT2D eigenvalue weighted by molar-refractivity contribution is -0.139. The van der Waals surface area contributed by atoms with Crippen molar-refractivity contribution >= 4 is 28.9 Å². The van der Waals surface area contributed by atoms with Gasteiger partial charge in [-0.3, -0.25) is 9.59 Å². The van der Waals surface area contributed by atoms with Crippen LogP contribution in [0.2, 0.25) is 0 Å². The van der Waals surface area contributed by atoms with Gasteiger partial charge in [0, 0.05) is 43.7 Å². The third kappa shape index (κ3) is 8.42. The van der Waals surface area contributed by atoms with Gasteiger partial charge in [-0.15, -0.1) is 11.3 Å². The first-order valence-corrected chi connectivity index (χ1v) is 13.2.